The molecule has 6 heteroatoms. The molecule has 0 saturated carbocycles. The van der Waals surface area contributed by atoms with Gasteiger partial charge in [0.05, 0.1) is 0 Å². The van der Waals surface area contributed by atoms with Gasteiger partial charge in [0, 0.05) is 31.6 Å². The number of nitrogens with one attached hydrogen (secondary N) is 3. The lowest BCUT2D eigenvalue weighted by atomic mass is 10.1. The second-order valence-electron chi connectivity index (χ2n) is 5.73. The van der Waals surface area contributed by atoms with Crippen LogP contribution < -0.4 is 16.0 Å². The lowest BCUT2D eigenvalue weighted by Gasteiger charge is -2.09. The molecule has 3 N–H and O–H groups in total. The Kier molecular flexibility index (Phi) is 11.1. The van der Waals surface area contributed by atoms with Gasteiger partial charge in [-0.2, -0.15) is 0 Å². The second-order valence-corrected chi connectivity index (χ2v) is 5.73. The summed E-state index contributed by atoms with van der Waals surface area (Å²) >= 11 is 0. The summed E-state index contributed by atoms with van der Waals surface area (Å²) in [6.45, 7) is 8.10. The van der Waals surface area contributed by atoms with Crippen molar-refractivity contribution in [1.82, 2.24) is 10.6 Å². The molecule has 5 nitrogen and oxygen atoms in total. The summed E-state index contributed by atoms with van der Waals surface area (Å²) in [6, 6.07) is 7.76. The molecular weight excluding hydrogens is 314 g/mol. The Morgan fingerprint density at radius 1 is 1.17 bits per heavy atom. The fraction of sp³-hybridized carbons (Fsp3) is 0.529. The minimum atomic E-state index is -0.0922. The molecule has 0 unspecified atom stereocenters. The molecule has 1 rings (SSSR count). The maximum atomic E-state index is 11.9. The lowest BCUT2D eigenvalue weighted by molar-refractivity contribution is -0.121. The van der Waals surface area contributed by atoms with Crippen LogP contribution in [-0.4, -0.2) is 24.9 Å². The third-order valence-corrected chi connectivity index (χ3v) is 3.06. The summed E-state index contributed by atoms with van der Waals surface area (Å²) in [5.41, 5.74) is 1.92. The number of rotatable bonds is 9. The van der Waals surface area contributed by atoms with E-state index in [9.17, 15) is 9.59 Å². The van der Waals surface area contributed by atoms with Crippen molar-refractivity contribution in [2.24, 2.45) is 5.92 Å². The van der Waals surface area contributed by atoms with E-state index < -0.39 is 0 Å². The van der Waals surface area contributed by atoms with E-state index in [0.29, 0.717) is 18.9 Å². The summed E-state index contributed by atoms with van der Waals surface area (Å²) in [6.07, 6.45) is 0.773. The standard InChI is InChI=1S/C17H27N3O2.ClH/c1-4-18-12-14-6-5-7-15(11-14)20-16(21)8-9-19-17(22)10-13(2)3;/h5-7,11,13,18H,4,8-10,12H2,1-3H3,(H,19,22)(H,20,21);1H. The van der Waals surface area contributed by atoms with Crippen molar-refractivity contribution in [3.8, 4) is 0 Å². The zero-order chi connectivity index (χ0) is 16.4. The van der Waals surface area contributed by atoms with E-state index in [2.05, 4.69) is 22.9 Å². The monoisotopic (exact) mass is 341 g/mol. The molecular formula is C17H28ClN3O2. The Morgan fingerprint density at radius 3 is 2.57 bits per heavy atom. The fourth-order valence-corrected chi connectivity index (χ4v) is 2.01. The van der Waals surface area contributed by atoms with E-state index in [4.69, 9.17) is 0 Å². The maximum Gasteiger partial charge on any atom is 0.226 e. The third-order valence-electron chi connectivity index (χ3n) is 3.06. The van der Waals surface area contributed by atoms with Gasteiger partial charge in [0.2, 0.25) is 11.8 Å². The van der Waals surface area contributed by atoms with Crippen molar-refractivity contribution in [3.05, 3.63) is 29.8 Å². The summed E-state index contributed by atoms with van der Waals surface area (Å²) in [7, 11) is 0. The number of anilines is 1. The number of hydrogen-bond acceptors (Lipinski definition) is 3. The molecule has 1 aromatic rings. The van der Waals surface area contributed by atoms with Crippen LogP contribution in [0.15, 0.2) is 24.3 Å². The van der Waals surface area contributed by atoms with Crippen LogP contribution in [0.5, 0.6) is 0 Å². The van der Waals surface area contributed by atoms with Gasteiger partial charge in [-0.15, -0.1) is 12.4 Å². The smallest absolute Gasteiger partial charge is 0.226 e. The van der Waals surface area contributed by atoms with Crippen molar-refractivity contribution in [1.29, 1.82) is 0 Å². The lowest BCUT2D eigenvalue weighted by Crippen LogP contribution is -2.28. The van der Waals surface area contributed by atoms with Crippen molar-refractivity contribution in [3.63, 3.8) is 0 Å². The largest absolute Gasteiger partial charge is 0.356 e. The van der Waals surface area contributed by atoms with Crippen LogP contribution in [0, 0.1) is 5.92 Å². The number of amides is 2. The highest BCUT2D eigenvalue weighted by atomic mass is 35.5. The van der Waals surface area contributed by atoms with Crippen LogP contribution in [0.3, 0.4) is 0 Å². The molecule has 0 saturated heterocycles. The van der Waals surface area contributed by atoms with Crippen LogP contribution in [-0.2, 0) is 16.1 Å². The molecule has 2 amide bonds. The predicted octanol–water partition coefficient (Wildman–Crippen LogP) is 2.71. The highest BCUT2D eigenvalue weighted by Crippen LogP contribution is 2.10. The van der Waals surface area contributed by atoms with E-state index in [1.165, 1.54) is 0 Å². The zero-order valence-electron chi connectivity index (χ0n) is 14.1. The van der Waals surface area contributed by atoms with Gasteiger partial charge in [-0.05, 0) is 30.2 Å². The first-order valence-corrected chi connectivity index (χ1v) is 7.87. The Morgan fingerprint density at radius 2 is 1.91 bits per heavy atom. The first-order chi connectivity index (χ1) is 10.5. The SMILES string of the molecule is CCNCc1cccc(NC(=O)CCNC(=O)CC(C)C)c1.Cl. The van der Waals surface area contributed by atoms with Gasteiger partial charge in [0.25, 0.3) is 0 Å². The number of hydrogen-bond donors (Lipinski definition) is 3. The Balaban J connectivity index is 0.00000484. The number of carbonyl (C=O) groups is 2. The van der Waals surface area contributed by atoms with Gasteiger partial charge >= 0.3 is 0 Å². The Hall–Kier alpha value is -1.59. The summed E-state index contributed by atoms with van der Waals surface area (Å²) < 4.78 is 0. The van der Waals surface area contributed by atoms with Crippen LogP contribution in [0.2, 0.25) is 0 Å². The highest BCUT2D eigenvalue weighted by molar-refractivity contribution is 5.91. The quantitative estimate of drug-likeness (QED) is 0.646. The molecule has 0 aliphatic carbocycles. The van der Waals surface area contributed by atoms with Crippen molar-refractivity contribution < 1.29 is 9.59 Å². The normalized spacial score (nSPS) is 10.1. The van der Waals surface area contributed by atoms with Gasteiger partial charge in [-0.1, -0.05) is 32.9 Å². The zero-order valence-corrected chi connectivity index (χ0v) is 15.0. The molecule has 1 aromatic carbocycles. The van der Waals surface area contributed by atoms with E-state index >= 15 is 0 Å². The van der Waals surface area contributed by atoms with Gasteiger partial charge in [-0.3, -0.25) is 9.59 Å². The minimum Gasteiger partial charge on any atom is -0.356 e. The topological polar surface area (TPSA) is 70.2 Å². The Labute approximate surface area is 145 Å². The number of carbonyl (C=O) groups excluding carboxylic acids is 2. The molecule has 130 valence electrons. The van der Waals surface area contributed by atoms with Crippen LogP contribution in [0.4, 0.5) is 5.69 Å². The molecule has 0 bridgehead atoms. The average Bonchev–Trinajstić information content (AvgIpc) is 2.44. The van der Waals surface area contributed by atoms with E-state index in [1.54, 1.807) is 0 Å². The van der Waals surface area contributed by atoms with Crippen LogP contribution >= 0.6 is 12.4 Å². The molecule has 23 heavy (non-hydrogen) atoms. The number of benzene rings is 1. The molecule has 0 aliphatic heterocycles. The van der Waals surface area contributed by atoms with Crippen molar-refractivity contribution in [2.45, 2.75) is 40.2 Å². The third kappa shape index (κ3) is 9.92. The van der Waals surface area contributed by atoms with E-state index in [0.717, 1.165) is 24.3 Å². The van der Waals surface area contributed by atoms with Gasteiger partial charge < -0.3 is 16.0 Å². The van der Waals surface area contributed by atoms with E-state index in [-0.39, 0.29) is 30.6 Å². The molecule has 0 atom stereocenters. The highest BCUT2D eigenvalue weighted by Gasteiger charge is 2.06. The minimum absolute atomic E-state index is 0. The Bertz CT molecular complexity index is 492. The van der Waals surface area contributed by atoms with Crippen LogP contribution in [0.1, 0.15) is 39.2 Å². The molecule has 0 radical (unpaired) electrons. The summed E-state index contributed by atoms with van der Waals surface area (Å²) in [4.78, 5) is 23.4. The summed E-state index contributed by atoms with van der Waals surface area (Å²) in [5, 5.41) is 8.86. The number of halogens is 1. The molecule has 0 spiro atoms. The fourth-order valence-electron chi connectivity index (χ4n) is 2.01. The first kappa shape index (κ1) is 21.4. The van der Waals surface area contributed by atoms with Gasteiger partial charge in [-0.25, -0.2) is 0 Å². The average molecular weight is 342 g/mol. The van der Waals surface area contributed by atoms with Gasteiger partial charge in [0.15, 0.2) is 0 Å². The maximum absolute atomic E-state index is 11.9. The molecule has 0 heterocycles. The molecule has 0 aromatic heterocycles. The molecule has 0 aliphatic rings. The summed E-state index contributed by atoms with van der Waals surface area (Å²) in [5.74, 6) is 0.231. The van der Waals surface area contributed by atoms with Crippen LogP contribution in [0.25, 0.3) is 0 Å². The van der Waals surface area contributed by atoms with Crippen molar-refractivity contribution in [2.75, 3.05) is 18.4 Å². The predicted molar refractivity (Wildman–Crippen MR) is 96.8 cm³/mol. The molecule has 0 fully saturated rings. The first-order valence-electron chi connectivity index (χ1n) is 7.87. The van der Waals surface area contributed by atoms with Gasteiger partial charge in [0.1, 0.15) is 0 Å². The van der Waals surface area contributed by atoms with E-state index in [1.807, 2.05) is 38.1 Å². The second kappa shape index (κ2) is 11.9. The van der Waals surface area contributed by atoms with Crippen molar-refractivity contribution >= 4 is 29.9 Å².